The van der Waals surface area contributed by atoms with Gasteiger partial charge >= 0.3 is 0 Å². The van der Waals surface area contributed by atoms with Crippen molar-refractivity contribution < 1.29 is 4.79 Å². The zero-order valence-electron chi connectivity index (χ0n) is 12.6. The van der Waals surface area contributed by atoms with E-state index in [2.05, 4.69) is 20.2 Å². The third kappa shape index (κ3) is 3.60. The average molecular weight is 331 g/mol. The molecule has 3 rings (SSSR count). The van der Waals surface area contributed by atoms with Crippen LogP contribution in [0.1, 0.15) is 22.5 Å². The van der Waals surface area contributed by atoms with Crippen LogP contribution >= 0.6 is 11.6 Å². The molecule has 0 bridgehead atoms. The van der Waals surface area contributed by atoms with Crippen molar-refractivity contribution in [1.82, 2.24) is 21.0 Å². The van der Waals surface area contributed by atoms with Crippen molar-refractivity contribution in [3.63, 3.8) is 0 Å². The van der Waals surface area contributed by atoms with Crippen LogP contribution in [-0.4, -0.2) is 41.9 Å². The number of nitrogens with one attached hydrogen (secondary N) is 2. The molecule has 2 N–H and O–H groups in total. The Kier molecular flexibility index (Phi) is 4.73. The molecule has 0 saturated carbocycles. The summed E-state index contributed by atoms with van der Waals surface area (Å²) in [6, 6.07) is 6.83. The highest BCUT2D eigenvalue weighted by Crippen LogP contribution is 2.20. The van der Waals surface area contributed by atoms with Crippen LogP contribution in [0.4, 0.5) is 11.6 Å². The standard InChI is InChI=1S/C16H17ClN5O/c17-11-9-12(16(18)20-10-11)15(23)13-3-1-4-14(21-13)22-7-2-5-19-6-8-22/h1,3-4,9-10,18-19H,2,5-8H2. The first-order valence-corrected chi connectivity index (χ1v) is 7.87. The largest absolute Gasteiger partial charge is 0.355 e. The fourth-order valence-electron chi connectivity index (χ4n) is 2.55. The van der Waals surface area contributed by atoms with Gasteiger partial charge in [-0.05, 0) is 31.2 Å². The Morgan fingerprint density at radius 1 is 1.30 bits per heavy atom. The molecule has 1 fully saturated rings. The van der Waals surface area contributed by atoms with Gasteiger partial charge in [-0.1, -0.05) is 17.7 Å². The van der Waals surface area contributed by atoms with Gasteiger partial charge in [0.05, 0.1) is 10.6 Å². The molecule has 0 aromatic carbocycles. The van der Waals surface area contributed by atoms with E-state index in [4.69, 9.17) is 17.3 Å². The lowest BCUT2D eigenvalue weighted by molar-refractivity contribution is 0.103. The van der Waals surface area contributed by atoms with Crippen molar-refractivity contribution in [1.29, 1.82) is 0 Å². The molecule has 1 aliphatic heterocycles. The third-order valence-corrected chi connectivity index (χ3v) is 3.94. The van der Waals surface area contributed by atoms with Gasteiger partial charge in [-0.15, -0.1) is 0 Å². The lowest BCUT2D eigenvalue weighted by atomic mass is 10.1. The highest BCUT2D eigenvalue weighted by Gasteiger charge is 2.18. The molecule has 7 heteroatoms. The highest BCUT2D eigenvalue weighted by molar-refractivity contribution is 6.31. The number of ketones is 1. The molecule has 2 aromatic rings. The number of carbonyl (C=O) groups excluding carboxylic acids is 1. The first kappa shape index (κ1) is 15.7. The minimum Gasteiger partial charge on any atom is -0.355 e. The SMILES string of the molecule is [NH]c1ncc(Cl)cc1C(=O)c1cccc(N2CCCNCC2)n1. The molecule has 0 amide bonds. The van der Waals surface area contributed by atoms with Crippen molar-refractivity contribution in [2.24, 2.45) is 0 Å². The summed E-state index contributed by atoms with van der Waals surface area (Å²) < 4.78 is 0. The monoisotopic (exact) mass is 330 g/mol. The van der Waals surface area contributed by atoms with E-state index in [1.165, 1.54) is 12.3 Å². The minimum atomic E-state index is -0.334. The van der Waals surface area contributed by atoms with Crippen LogP contribution < -0.4 is 16.0 Å². The molecule has 2 aromatic heterocycles. The number of rotatable bonds is 3. The summed E-state index contributed by atoms with van der Waals surface area (Å²) in [5.74, 6) is 0.353. The van der Waals surface area contributed by atoms with Crippen molar-refractivity contribution >= 4 is 29.0 Å². The Morgan fingerprint density at radius 2 is 2.17 bits per heavy atom. The topological polar surface area (TPSA) is 81.9 Å². The number of aromatic nitrogens is 2. The predicted octanol–water partition coefficient (Wildman–Crippen LogP) is 2.08. The van der Waals surface area contributed by atoms with Crippen LogP contribution in [0.5, 0.6) is 0 Å². The maximum Gasteiger partial charge on any atom is 0.215 e. The Balaban J connectivity index is 1.89. The smallest absolute Gasteiger partial charge is 0.215 e. The number of nitrogens with zero attached hydrogens (tertiary/aromatic N) is 3. The van der Waals surface area contributed by atoms with E-state index >= 15 is 0 Å². The average Bonchev–Trinajstić information content (AvgIpc) is 2.86. The highest BCUT2D eigenvalue weighted by atomic mass is 35.5. The van der Waals surface area contributed by atoms with Crippen LogP contribution in [0.3, 0.4) is 0 Å². The Morgan fingerprint density at radius 3 is 3.04 bits per heavy atom. The first-order chi connectivity index (χ1) is 11.1. The second-order valence-electron chi connectivity index (χ2n) is 5.35. The molecule has 0 atom stereocenters. The fraction of sp³-hybridized carbons (Fsp3) is 0.312. The van der Waals surface area contributed by atoms with E-state index in [0.29, 0.717) is 10.7 Å². The second kappa shape index (κ2) is 6.93. The van der Waals surface area contributed by atoms with Crippen molar-refractivity contribution in [2.75, 3.05) is 31.1 Å². The molecule has 119 valence electrons. The van der Waals surface area contributed by atoms with Gasteiger partial charge < -0.3 is 10.2 Å². The van der Waals surface area contributed by atoms with E-state index in [9.17, 15) is 4.79 Å². The van der Waals surface area contributed by atoms with Gasteiger partial charge in [-0.3, -0.25) is 10.5 Å². The van der Waals surface area contributed by atoms with Gasteiger partial charge in [-0.2, -0.15) is 0 Å². The molecular weight excluding hydrogens is 314 g/mol. The second-order valence-corrected chi connectivity index (χ2v) is 5.79. The van der Waals surface area contributed by atoms with Crippen molar-refractivity contribution in [3.05, 3.63) is 46.7 Å². The van der Waals surface area contributed by atoms with Gasteiger partial charge in [0, 0.05) is 25.8 Å². The number of halogens is 1. The summed E-state index contributed by atoms with van der Waals surface area (Å²) in [5.41, 5.74) is 8.26. The molecule has 1 aliphatic rings. The zero-order chi connectivity index (χ0) is 16.2. The fourth-order valence-corrected chi connectivity index (χ4v) is 2.71. The van der Waals surface area contributed by atoms with Crippen LogP contribution in [-0.2, 0) is 0 Å². The number of carbonyl (C=O) groups is 1. The number of anilines is 1. The van der Waals surface area contributed by atoms with Crippen LogP contribution in [0, 0.1) is 0 Å². The molecular formula is C16H17ClN5O. The Bertz CT molecular complexity index is 713. The molecule has 1 radical (unpaired) electrons. The summed E-state index contributed by atoms with van der Waals surface area (Å²) in [4.78, 5) is 23.1. The first-order valence-electron chi connectivity index (χ1n) is 7.50. The van der Waals surface area contributed by atoms with Crippen LogP contribution in [0.15, 0.2) is 30.5 Å². The Hall–Kier alpha value is -2.18. The molecule has 0 aliphatic carbocycles. The Labute approximate surface area is 139 Å². The molecule has 1 saturated heterocycles. The number of hydrogen-bond acceptors (Lipinski definition) is 5. The van der Waals surface area contributed by atoms with Gasteiger partial charge in [0.15, 0.2) is 5.82 Å². The van der Waals surface area contributed by atoms with Gasteiger partial charge in [0.1, 0.15) is 11.5 Å². The van der Waals surface area contributed by atoms with Gasteiger partial charge in [0.25, 0.3) is 0 Å². The molecule has 0 spiro atoms. The quantitative estimate of drug-likeness (QED) is 0.871. The molecule has 6 nitrogen and oxygen atoms in total. The summed E-state index contributed by atoms with van der Waals surface area (Å²) in [5, 5.41) is 3.67. The number of pyridine rings is 2. The lowest BCUT2D eigenvalue weighted by Gasteiger charge is -2.21. The van der Waals surface area contributed by atoms with E-state index in [0.717, 1.165) is 38.4 Å². The summed E-state index contributed by atoms with van der Waals surface area (Å²) >= 11 is 5.89. The maximum absolute atomic E-state index is 12.6. The summed E-state index contributed by atoms with van der Waals surface area (Å²) in [6.07, 6.45) is 2.39. The van der Waals surface area contributed by atoms with E-state index in [1.54, 1.807) is 6.07 Å². The van der Waals surface area contributed by atoms with E-state index < -0.39 is 0 Å². The summed E-state index contributed by atoms with van der Waals surface area (Å²) in [7, 11) is 0. The van der Waals surface area contributed by atoms with E-state index in [-0.39, 0.29) is 17.2 Å². The minimum absolute atomic E-state index is 0.0921. The number of hydrogen-bond donors (Lipinski definition) is 1. The van der Waals surface area contributed by atoms with Crippen molar-refractivity contribution in [3.8, 4) is 0 Å². The zero-order valence-corrected chi connectivity index (χ0v) is 13.3. The van der Waals surface area contributed by atoms with Crippen molar-refractivity contribution in [2.45, 2.75) is 6.42 Å². The van der Waals surface area contributed by atoms with Crippen LogP contribution in [0.25, 0.3) is 0 Å². The summed E-state index contributed by atoms with van der Waals surface area (Å²) in [6.45, 7) is 3.65. The predicted molar refractivity (Wildman–Crippen MR) is 89.4 cm³/mol. The van der Waals surface area contributed by atoms with E-state index in [1.807, 2.05) is 12.1 Å². The third-order valence-electron chi connectivity index (χ3n) is 3.73. The lowest BCUT2D eigenvalue weighted by Crippen LogP contribution is -2.28. The normalized spacial score (nSPS) is 15.3. The van der Waals surface area contributed by atoms with Gasteiger partial charge in [0.2, 0.25) is 5.78 Å². The molecule has 23 heavy (non-hydrogen) atoms. The van der Waals surface area contributed by atoms with Crippen LogP contribution in [0.2, 0.25) is 5.02 Å². The molecule has 0 unspecified atom stereocenters. The van der Waals surface area contributed by atoms with Gasteiger partial charge in [-0.25, -0.2) is 9.97 Å². The maximum atomic E-state index is 12.6. The molecule has 3 heterocycles.